The third-order valence-corrected chi connectivity index (χ3v) is 7.64. The molecule has 6 heteroatoms. The fourth-order valence-electron chi connectivity index (χ4n) is 5.79. The Hall–Kier alpha value is -1.89. The number of nitrogens with zero attached hydrogens (tertiary/aromatic N) is 1. The number of piperidine rings is 1. The van der Waals surface area contributed by atoms with E-state index < -0.39 is 0 Å². The molecule has 196 valence electrons. The number of ether oxygens (including phenoxy) is 2. The third kappa shape index (κ3) is 8.62. The lowest BCUT2D eigenvalue weighted by molar-refractivity contribution is -0.0171. The molecule has 1 aromatic rings. The maximum Gasteiger partial charge on any atom is 0.317 e. The van der Waals surface area contributed by atoms with E-state index in [0.717, 1.165) is 38.6 Å². The van der Waals surface area contributed by atoms with E-state index in [1.165, 1.54) is 43.2 Å². The van der Waals surface area contributed by atoms with Gasteiger partial charge in [0, 0.05) is 51.9 Å². The van der Waals surface area contributed by atoms with Gasteiger partial charge in [-0.3, -0.25) is 0 Å². The summed E-state index contributed by atoms with van der Waals surface area (Å²) in [5, 5.41) is 3.27. The van der Waals surface area contributed by atoms with Crippen molar-refractivity contribution in [1.29, 1.82) is 0 Å². The molecule has 1 saturated heterocycles. The highest BCUT2D eigenvalue weighted by atomic mass is 16.5. The fourth-order valence-corrected chi connectivity index (χ4v) is 5.79. The van der Waals surface area contributed by atoms with Gasteiger partial charge in [-0.15, -0.1) is 6.58 Å². The Morgan fingerprint density at radius 2 is 2.00 bits per heavy atom. The van der Waals surface area contributed by atoms with Crippen LogP contribution in [0.4, 0.5) is 4.79 Å². The van der Waals surface area contributed by atoms with Crippen LogP contribution < -0.4 is 11.1 Å². The molecule has 1 aromatic carbocycles. The minimum absolute atomic E-state index is 0.0264. The number of urea groups is 1. The first-order valence-corrected chi connectivity index (χ1v) is 13.7. The van der Waals surface area contributed by atoms with Crippen LogP contribution in [0.15, 0.2) is 36.9 Å². The molecule has 0 unspecified atom stereocenters. The number of hydrogen-bond donors (Lipinski definition) is 2. The van der Waals surface area contributed by atoms with Gasteiger partial charge in [0.05, 0.1) is 6.10 Å². The quantitative estimate of drug-likeness (QED) is 0.296. The van der Waals surface area contributed by atoms with Crippen LogP contribution in [-0.4, -0.2) is 56.9 Å². The van der Waals surface area contributed by atoms with Crippen LogP contribution in [0, 0.1) is 11.8 Å². The first-order chi connectivity index (χ1) is 17.2. The molecule has 6 nitrogen and oxygen atoms in total. The van der Waals surface area contributed by atoms with Gasteiger partial charge in [0.15, 0.2) is 0 Å². The van der Waals surface area contributed by atoms with Gasteiger partial charge in [-0.2, -0.15) is 0 Å². The van der Waals surface area contributed by atoms with Crippen LogP contribution in [0.3, 0.4) is 0 Å². The molecule has 0 radical (unpaired) electrons. The van der Waals surface area contributed by atoms with Crippen LogP contribution in [-0.2, 0) is 15.9 Å². The summed E-state index contributed by atoms with van der Waals surface area (Å²) in [5.41, 5.74) is 8.54. The predicted molar refractivity (Wildman–Crippen MR) is 142 cm³/mol. The number of nitrogens with two attached hydrogens (primary N) is 1. The van der Waals surface area contributed by atoms with Gasteiger partial charge in [-0.25, -0.2) is 4.79 Å². The van der Waals surface area contributed by atoms with Crippen LogP contribution in [0.25, 0.3) is 0 Å². The smallest absolute Gasteiger partial charge is 0.317 e. The number of nitrogens with one attached hydrogen (secondary N) is 1. The number of carbonyl (C=O) groups excluding carboxylic acids is 1. The zero-order valence-electron chi connectivity index (χ0n) is 21.8. The second kappa shape index (κ2) is 15.3. The molecule has 1 saturated carbocycles. The fraction of sp³-hybridized carbons (Fsp3) is 0.690. The van der Waals surface area contributed by atoms with Crippen LogP contribution in [0.2, 0.25) is 0 Å². The van der Waals surface area contributed by atoms with Gasteiger partial charge in [0.2, 0.25) is 0 Å². The average Bonchev–Trinajstić information content (AvgIpc) is 2.90. The zero-order chi connectivity index (χ0) is 24.9. The Morgan fingerprint density at radius 3 is 2.74 bits per heavy atom. The number of methoxy groups -OCH3 is 1. The first kappa shape index (κ1) is 27.7. The van der Waals surface area contributed by atoms with Crippen LogP contribution in [0.1, 0.15) is 75.0 Å². The highest BCUT2D eigenvalue weighted by Crippen LogP contribution is 2.35. The SMILES string of the molecule is C=CCc1ccccc1[C@H](OCCCOC)[C@@H]1CCCN(C(=O)N[C@H](CN)CC2CCCCC2)C1. The van der Waals surface area contributed by atoms with E-state index in [1.807, 2.05) is 11.0 Å². The van der Waals surface area contributed by atoms with Crippen molar-refractivity contribution in [1.82, 2.24) is 10.2 Å². The van der Waals surface area contributed by atoms with Gasteiger partial charge >= 0.3 is 6.03 Å². The molecule has 0 bridgehead atoms. The molecule has 0 aromatic heterocycles. The monoisotopic (exact) mass is 485 g/mol. The summed E-state index contributed by atoms with van der Waals surface area (Å²) in [5.74, 6) is 0.940. The predicted octanol–water partition coefficient (Wildman–Crippen LogP) is 5.23. The van der Waals surface area contributed by atoms with Crippen molar-refractivity contribution >= 4 is 6.03 Å². The van der Waals surface area contributed by atoms with E-state index in [-0.39, 0.29) is 24.1 Å². The maximum atomic E-state index is 13.3. The van der Waals surface area contributed by atoms with E-state index in [9.17, 15) is 4.79 Å². The summed E-state index contributed by atoms with van der Waals surface area (Å²) < 4.78 is 11.7. The number of hydrogen-bond acceptors (Lipinski definition) is 4. The lowest BCUT2D eigenvalue weighted by atomic mass is 9.84. The van der Waals surface area contributed by atoms with Gasteiger partial charge < -0.3 is 25.4 Å². The highest BCUT2D eigenvalue weighted by molar-refractivity contribution is 5.74. The molecule has 1 aliphatic carbocycles. The molecule has 3 rings (SSSR count). The van der Waals surface area contributed by atoms with Crippen molar-refractivity contribution in [3.63, 3.8) is 0 Å². The number of allylic oxidation sites excluding steroid dienone is 1. The Balaban J connectivity index is 1.66. The average molecular weight is 486 g/mol. The van der Waals surface area contributed by atoms with Crippen LogP contribution in [0.5, 0.6) is 0 Å². The summed E-state index contributed by atoms with van der Waals surface area (Å²) in [7, 11) is 1.72. The Kier molecular flexibility index (Phi) is 12.1. The van der Waals surface area contributed by atoms with Crippen molar-refractivity contribution in [2.24, 2.45) is 17.6 Å². The molecule has 35 heavy (non-hydrogen) atoms. The summed E-state index contributed by atoms with van der Waals surface area (Å²) in [6.07, 6.45) is 13.1. The summed E-state index contributed by atoms with van der Waals surface area (Å²) >= 11 is 0. The molecular weight excluding hydrogens is 438 g/mol. The van der Waals surface area contributed by atoms with E-state index in [4.69, 9.17) is 15.2 Å². The largest absolute Gasteiger partial charge is 0.385 e. The lowest BCUT2D eigenvalue weighted by Gasteiger charge is -2.38. The van der Waals surface area contributed by atoms with Gasteiger partial charge in [-0.1, -0.05) is 62.4 Å². The molecule has 1 heterocycles. The number of rotatable bonds is 13. The number of likely N-dealkylation sites (tertiary alicyclic amines) is 1. The van der Waals surface area contributed by atoms with Gasteiger partial charge in [-0.05, 0) is 49.1 Å². The Morgan fingerprint density at radius 1 is 1.20 bits per heavy atom. The van der Waals surface area contributed by atoms with E-state index in [1.54, 1.807) is 7.11 Å². The standard InChI is InChI=1S/C29H47N3O3/c1-3-11-24-14-7-8-16-27(24)28(35-19-10-18-34-2)25-15-9-17-32(22-25)29(33)31-26(21-30)20-23-12-5-4-6-13-23/h3,7-8,14,16,23,25-26,28H,1,4-6,9-13,15,17-22,30H2,2H3,(H,31,33)/t25-,26+,28-/m1/s1. The minimum atomic E-state index is -0.0499. The molecule has 2 aliphatic rings. The maximum absolute atomic E-state index is 13.3. The summed E-state index contributed by atoms with van der Waals surface area (Å²) in [4.78, 5) is 15.3. The molecule has 1 aliphatic heterocycles. The Bertz CT molecular complexity index is 765. The first-order valence-electron chi connectivity index (χ1n) is 13.7. The number of carbonyl (C=O) groups is 1. The second-order valence-corrected chi connectivity index (χ2v) is 10.3. The van der Waals surface area contributed by atoms with Crippen molar-refractivity contribution in [2.75, 3.05) is 40.0 Å². The summed E-state index contributed by atoms with van der Waals surface area (Å²) in [6.45, 7) is 7.24. The summed E-state index contributed by atoms with van der Waals surface area (Å²) in [6, 6.07) is 8.57. The van der Waals surface area contributed by atoms with E-state index in [0.29, 0.717) is 32.2 Å². The molecule has 2 amide bonds. The lowest BCUT2D eigenvalue weighted by Crippen LogP contribution is -2.51. The minimum Gasteiger partial charge on any atom is -0.385 e. The van der Waals surface area contributed by atoms with Crippen molar-refractivity contribution in [3.8, 4) is 0 Å². The molecule has 0 spiro atoms. The molecule has 2 fully saturated rings. The zero-order valence-corrected chi connectivity index (χ0v) is 21.8. The number of amides is 2. The molecular formula is C29H47N3O3. The van der Waals surface area contributed by atoms with E-state index >= 15 is 0 Å². The third-order valence-electron chi connectivity index (χ3n) is 7.64. The van der Waals surface area contributed by atoms with E-state index in [2.05, 4.69) is 36.2 Å². The Labute approximate surface area is 212 Å². The topological polar surface area (TPSA) is 76.8 Å². The number of benzene rings is 1. The van der Waals surface area contributed by atoms with Crippen LogP contribution >= 0.6 is 0 Å². The normalized spacial score (nSPS) is 20.9. The molecule has 3 N–H and O–H groups in total. The second-order valence-electron chi connectivity index (χ2n) is 10.3. The van der Waals surface area contributed by atoms with Crippen molar-refractivity contribution in [2.45, 2.75) is 76.4 Å². The highest BCUT2D eigenvalue weighted by Gasteiger charge is 2.33. The molecule has 3 atom stereocenters. The van der Waals surface area contributed by atoms with Crippen molar-refractivity contribution in [3.05, 3.63) is 48.0 Å². The van der Waals surface area contributed by atoms with Gasteiger partial charge in [0.25, 0.3) is 0 Å². The van der Waals surface area contributed by atoms with Crippen molar-refractivity contribution < 1.29 is 14.3 Å². The van der Waals surface area contributed by atoms with Gasteiger partial charge in [0.1, 0.15) is 0 Å².